The lowest BCUT2D eigenvalue weighted by Crippen LogP contribution is -2.61. The largest absolute Gasteiger partial charge is 0.495 e. The van der Waals surface area contributed by atoms with E-state index in [9.17, 15) is 14.9 Å². The number of methoxy groups -OCH3 is 1. The summed E-state index contributed by atoms with van der Waals surface area (Å²) in [6.07, 6.45) is 2.01. The van der Waals surface area contributed by atoms with Crippen LogP contribution in [0.3, 0.4) is 0 Å². The maximum Gasteiger partial charge on any atom is 0.269 e. The molecule has 1 saturated heterocycles. The van der Waals surface area contributed by atoms with Crippen molar-refractivity contribution in [3.05, 3.63) is 82.3 Å². The number of nitro groups is 1. The number of benzene rings is 2. The molecule has 1 N–H and O–H groups in total. The van der Waals surface area contributed by atoms with Crippen LogP contribution in [0.5, 0.6) is 5.75 Å². The number of fused-ring (bicyclic) bond motifs is 3. The van der Waals surface area contributed by atoms with Crippen molar-refractivity contribution in [3.63, 3.8) is 0 Å². The topological polar surface area (TPSA) is 101 Å². The number of nitrogens with one attached hydrogen (secondary N) is 1. The van der Waals surface area contributed by atoms with Gasteiger partial charge in [0.05, 0.1) is 42.5 Å². The van der Waals surface area contributed by atoms with Crippen molar-refractivity contribution < 1.29 is 18.9 Å². The molecule has 3 aromatic rings. The summed E-state index contributed by atoms with van der Waals surface area (Å²) in [4.78, 5) is 28.8. The standard InChI is InChI=1S/C25H26N4O5/c1-33-24-7-3-2-6-22(24)27-10-11-28-21-9-8-18(29(31)32)13-17(21)14-20(23(28)16-27)25(30)26-15-19-5-4-12-34-19/h2-9,12-13,20,23H,10-11,14-16H2,1H3,(H,26,30). The van der Waals surface area contributed by atoms with Crippen LogP contribution in [0.1, 0.15) is 11.3 Å². The molecule has 0 saturated carbocycles. The first-order valence-electron chi connectivity index (χ1n) is 11.3. The molecule has 34 heavy (non-hydrogen) atoms. The van der Waals surface area contributed by atoms with Crippen molar-refractivity contribution in [2.24, 2.45) is 5.92 Å². The minimum Gasteiger partial charge on any atom is -0.495 e. The summed E-state index contributed by atoms with van der Waals surface area (Å²) in [5.74, 6) is 1.00. The maximum atomic E-state index is 13.4. The zero-order chi connectivity index (χ0) is 23.7. The molecule has 176 valence electrons. The van der Waals surface area contributed by atoms with E-state index in [-0.39, 0.29) is 23.6 Å². The Hall–Kier alpha value is -4.01. The van der Waals surface area contributed by atoms with E-state index in [2.05, 4.69) is 15.1 Å². The summed E-state index contributed by atoms with van der Waals surface area (Å²) in [6, 6.07) is 16.3. The molecule has 1 aromatic heterocycles. The van der Waals surface area contributed by atoms with Gasteiger partial charge in [0.15, 0.2) is 0 Å². The monoisotopic (exact) mass is 462 g/mol. The average Bonchev–Trinajstić information content (AvgIpc) is 3.39. The highest BCUT2D eigenvalue weighted by Crippen LogP contribution is 2.39. The molecule has 0 spiro atoms. The number of carbonyl (C=O) groups excluding carboxylic acids is 1. The van der Waals surface area contributed by atoms with Crippen molar-refractivity contribution >= 4 is 23.0 Å². The van der Waals surface area contributed by atoms with Crippen molar-refractivity contribution in [2.75, 3.05) is 36.5 Å². The van der Waals surface area contributed by atoms with Crippen LogP contribution in [0.2, 0.25) is 0 Å². The molecule has 2 aliphatic rings. The van der Waals surface area contributed by atoms with Gasteiger partial charge in [-0.05, 0) is 42.3 Å². The van der Waals surface area contributed by atoms with E-state index in [1.54, 1.807) is 31.6 Å². The summed E-state index contributed by atoms with van der Waals surface area (Å²) in [5.41, 5.74) is 2.83. The first-order valence-corrected chi connectivity index (χ1v) is 11.3. The lowest BCUT2D eigenvalue weighted by molar-refractivity contribution is -0.384. The molecule has 9 nitrogen and oxygen atoms in total. The first kappa shape index (κ1) is 21.8. The van der Waals surface area contributed by atoms with Crippen molar-refractivity contribution in [1.29, 1.82) is 0 Å². The lowest BCUT2D eigenvalue weighted by Gasteiger charge is -2.49. The number of non-ortho nitro benzene ring substituents is 1. The van der Waals surface area contributed by atoms with Crippen molar-refractivity contribution in [3.8, 4) is 5.75 Å². The van der Waals surface area contributed by atoms with Crippen LogP contribution >= 0.6 is 0 Å². The molecule has 0 aliphatic carbocycles. The number of anilines is 2. The molecular weight excluding hydrogens is 436 g/mol. The molecular formula is C25H26N4O5. The van der Waals surface area contributed by atoms with Gasteiger partial charge in [-0.2, -0.15) is 0 Å². The molecule has 5 rings (SSSR count). The summed E-state index contributed by atoms with van der Waals surface area (Å²) >= 11 is 0. The van der Waals surface area contributed by atoms with Crippen LogP contribution in [0, 0.1) is 16.0 Å². The van der Waals surface area contributed by atoms with E-state index >= 15 is 0 Å². The highest BCUT2D eigenvalue weighted by atomic mass is 16.6. The van der Waals surface area contributed by atoms with Gasteiger partial charge in [0, 0.05) is 37.5 Å². The van der Waals surface area contributed by atoms with Gasteiger partial charge in [-0.1, -0.05) is 12.1 Å². The third-order valence-electron chi connectivity index (χ3n) is 6.69. The Bertz CT molecular complexity index is 1200. The van der Waals surface area contributed by atoms with Gasteiger partial charge in [0.2, 0.25) is 5.91 Å². The van der Waals surface area contributed by atoms with Crippen LogP contribution in [0.4, 0.5) is 17.1 Å². The number of rotatable bonds is 6. The molecule has 2 aliphatic heterocycles. The van der Waals surface area contributed by atoms with Crippen LogP contribution < -0.4 is 19.9 Å². The van der Waals surface area contributed by atoms with Gasteiger partial charge in [0.1, 0.15) is 11.5 Å². The smallest absolute Gasteiger partial charge is 0.269 e. The van der Waals surface area contributed by atoms with E-state index in [0.29, 0.717) is 31.8 Å². The van der Waals surface area contributed by atoms with Gasteiger partial charge in [-0.25, -0.2) is 0 Å². The Morgan fingerprint density at radius 3 is 2.79 bits per heavy atom. The summed E-state index contributed by atoms with van der Waals surface area (Å²) in [6.45, 7) is 2.37. The fraction of sp³-hybridized carbons (Fsp3) is 0.320. The van der Waals surface area contributed by atoms with Crippen molar-refractivity contribution in [2.45, 2.75) is 19.0 Å². The molecule has 0 bridgehead atoms. The van der Waals surface area contributed by atoms with Crippen LogP contribution in [-0.2, 0) is 17.8 Å². The maximum absolute atomic E-state index is 13.4. The number of para-hydroxylation sites is 2. The predicted molar refractivity (Wildman–Crippen MR) is 127 cm³/mol. The molecule has 2 unspecified atom stereocenters. The van der Waals surface area contributed by atoms with Gasteiger partial charge in [-0.15, -0.1) is 0 Å². The zero-order valence-electron chi connectivity index (χ0n) is 18.8. The second kappa shape index (κ2) is 9.09. The SMILES string of the molecule is COc1ccccc1N1CCN2c3ccc([N+](=O)[O-])cc3CC(C(=O)NCc3ccco3)C2C1. The minimum atomic E-state index is -0.391. The van der Waals surface area contributed by atoms with E-state index in [4.69, 9.17) is 9.15 Å². The number of furan rings is 1. The molecule has 1 fully saturated rings. The Morgan fingerprint density at radius 2 is 2.03 bits per heavy atom. The quantitative estimate of drug-likeness (QED) is 0.443. The minimum absolute atomic E-state index is 0.0413. The number of hydrogen-bond acceptors (Lipinski definition) is 7. The van der Waals surface area contributed by atoms with Crippen LogP contribution in [-0.4, -0.2) is 43.6 Å². The number of nitro benzene ring substituents is 1. The van der Waals surface area contributed by atoms with E-state index in [1.165, 1.54) is 0 Å². The van der Waals surface area contributed by atoms with E-state index < -0.39 is 4.92 Å². The average molecular weight is 463 g/mol. The highest BCUT2D eigenvalue weighted by Gasteiger charge is 2.42. The third kappa shape index (κ3) is 4.05. The number of carbonyl (C=O) groups is 1. The van der Waals surface area contributed by atoms with Gasteiger partial charge < -0.3 is 24.3 Å². The first-order chi connectivity index (χ1) is 16.5. The van der Waals surface area contributed by atoms with Gasteiger partial charge >= 0.3 is 0 Å². The summed E-state index contributed by atoms with van der Waals surface area (Å²) in [5, 5.41) is 14.4. The molecule has 0 radical (unpaired) electrons. The van der Waals surface area contributed by atoms with Crippen LogP contribution in [0.15, 0.2) is 65.3 Å². The predicted octanol–water partition coefficient (Wildman–Crippen LogP) is 3.38. The molecule has 9 heteroatoms. The van der Waals surface area contributed by atoms with Gasteiger partial charge in [0.25, 0.3) is 5.69 Å². The molecule has 2 aromatic carbocycles. The van der Waals surface area contributed by atoms with Crippen LogP contribution in [0.25, 0.3) is 0 Å². The second-order valence-corrected chi connectivity index (χ2v) is 8.56. The second-order valence-electron chi connectivity index (χ2n) is 8.56. The molecule has 2 atom stereocenters. The fourth-order valence-corrected chi connectivity index (χ4v) is 5.05. The van der Waals surface area contributed by atoms with Crippen molar-refractivity contribution in [1.82, 2.24) is 5.32 Å². The lowest BCUT2D eigenvalue weighted by atomic mass is 9.83. The number of nitrogens with zero attached hydrogens (tertiary/aromatic N) is 3. The third-order valence-corrected chi connectivity index (χ3v) is 6.69. The summed E-state index contributed by atoms with van der Waals surface area (Å²) in [7, 11) is 1.66. The Kier molecular flexibility index (Phi) is 5.83. The fourth-order valence-electron chi connectivity index (χ4n) is 5.05. The Morgan fingerprint density at radius 1 is 1.18 bits per heavy atom. The number of piperazine rings is 1. The number of ether oxygens (including phenoxy) is 1. The van der Waals surface area contributed by atoms with E-state index in [0.717, 1.165) is 29.2 Å². The molecule has 1 amide bonds. The number of hydrogen-bond donors (Lipinski definition) is 1. The molecule has 3 heterocycles. The Labute approximate surface area is 197 Å². The van der Waals surface area contributed by atoms with Gasteiger partial charge in [-0.3, -0.25) is 14.9 Å². The normalized spacial score (nSPS) is 19.2. The zero-order valence-corrected chi connectivity index (χ0v) is 18.8. The number of amides is 1. The summed E-state index contributed by atoms with van der Waals surface area (Å²) < 4.78 is 10.9. The van der Waals surface area contributed by atoms with E-state index in [1.807, 2.05) is 36.4 Å². The Balaban J connectivity index is 1.46. The highest BCUT2D eigenvalue weighted by molar-refractivity contribution is 5.82.